The molecule has 0 fully saturated rings. The molecule has 1 amide bonds. The summed E-state index contributed by atoms with van der Waals surface area (Å²) in [5.41, 5.74) is 0.271. The SMILES string of the molecule is O=CCCC(=O)Nc1ccccc1C(=O)O. The molecule has 0 spiro atoms. The summed E-state index contributed by atoms with van der Waals surface area (Å²) in [6, 6.07) is 6.10. The maximum atomic E-state index is 11.3. The molecular formula is C11H11NO4. The monoisotopic (exact) mass is 221 g/mol. The van der Waals surface area contributed by atoms with Crippen LogP contribution in [0.2, 0.25) is 0 Å². The molecule has 0 saturated carbocycles. The van der Waals surface area contributed by atoms with Crippen molar-refractivity contribution in [1.29, 1.82) is 0 Å². The van der Waals surface area contributed by atoms with Crippen LogP contribution in [0.3, 0.4) is 0 Å². The third-order valence-electron chi connectivity index (χ3n) is 1.92. The summed E-state index contributed by atoms with van der Waals surface area (Å²) >= 11 is 0. The Morgan fingerprint density at radius 2 is 2.00 bits per heavy atom. The lowest BCUT2D eigenvalue weighted by atomic mass is 10.1. The van der Waals surface area contributed by atoms with Crippen LogP contribution in [-0.4, -0.2) is 23.3 Å². The van der Waals surface area contributed by atoms with Gasteiger partial charge in [-0.2, -0.15) is 0 Å². The van der Waals surface area contributed by atoms with E-state index >= 15 is 0 Å². The Morgan fingerprint density at radius 1 is 1.31 bits per heavy atom. The fraction of sp³-hybridized carbons (Fsp3) is 0.182. The van der Waals surface area contributed by atoms with E-state index < -0.39 is 5.97 Å². The number of anilines is 1. The Bertz CT molecular complexity index is 414. The van der Waals surface area contributed by atoms with Crippen molar-refractivity contribution in [3.63, 3.8) is 0 Å². The van der Waals surface area contributed by atoms with Gasteiger partial charge in [0, 0.05) is 12.8 Å². The first-order chi connectivity index (χ1) is 7.65. The van der Waals surface area contributed by atoms with Crippen molar-refractivity contribution in [1.82, 2.24) is 0 Å². The van der Waals surface area contributed by atoms with Gasteiger partial charge in [0.2, 0.25) is 5.91 Å². The fourth-order valence-electron chi connectivity index (χ4n) is 1.18. The van der Waals surface area contributed by atoms with Gasteiger partial charge in [-0.25, -0.2) is 4.79 Å². The Hall–Kier alpha value is -2.17. The minimum atomic E-state index is -1.11. The van der Waals surface area contributed by atoms with E-state index in [-0.39, 0.29) is 30.0 Å². The third-order valence-corrected chi connectivity index (χ3v) is 1.92. The highest BCUT2D eigenvalue weighted by molar-refractivity contribution is 6.00. The molecule has 5 nitrogen and oxygen atoms in total. The summed E-state index contributed by atoms with van der Waals surface area (Å²) < 4.78 is 0. The lowest BCUT2D eigenvalue weighted by Crippen LogP contribution is -2.14. The lowest BCUT2D eigenvalue weighted by Gasteiger charge is -2.06. The smallest absolute Gasteiger partial charge is 0.337 e. The van der Waals surface area contributed by atoms with Crippen LogP contribution in [0.4, 0.5) is 5.69 Å². The lowest BCUT2D eigenvalue weighted by molar-refractivity contribution is -0.118. The highest BCUT2D eigenvalue weighted by atomic mass is 16.4. The van der Waals surface area contributed by atoms with Crippen LogP contribution in [0, 0.1) is 0 Å². The molecule has 1 aromatic carbocycles. The van der Waals surface area contributed by atoms with Crippen LogP contribution in [-0.2, 0) is 9.59 Å². The quantitative estimate of drug-likeness (QED) is 0.734. The maximum Gasteiger partial charge on any atom is 0.337 e. The molecule has 16 heavy (non-hydrogen) atoms. The molecule has 0 saturated heterocycles. The number of rotatable bonds is 5. The van der Waals surface area contributed by atoms with E-state index in [9.17, 15) is 14.4 Å². The molecule has 5 heteroatoms. The number of carboxylic acid groups (broad SMARTS) is 1. The number of aldehydes is 1. The maximum absolute atomic E-state index is 11.3. The van der Waals surface area contributed by atoms with Crippen molar-refractivity contribution < 1.29 is 19.5 Å². The summed E-state index contributed by atoms with van der Waals surface area (Å²) in [5.74, 6) is -1.48. The minimum Gasteiger partial charge on any atom is -0.478 e. The van der Waals surface area contributed by atoms with Crippen LogP contribution in [0.15, 0.2) is 24.3 Å². The predicted molar refractivity (Wildman–Crippen MR) is 57.3 cm³/mol. The molecule has 0 heterocycles. The number of hydrogen-bond donors (Lipinski definition) is 2. The van der Waals surface area contributed by atoms with Crippen LogP contribution < -0.4 is 5.32 Å². The minimum absolute atomic E-state index is 0.0296. The van der Waals surface area contributed by atoms with Crippen molar-refractivity contribution in [3.8, 4) is 0 Å². The molecule has 0 aliphatic rings. The molecule has 0 atom stereocenters. The van der Waals surface area contributed by atoms with Crippen LogP contribution in [0.5, 0.6) is 0 Å². The average molecular weight is 221 g/mol. The van der Waals surface area contributed by atoms with Crippen molar-refractivity contribution in [2.45, 2.75) is 12.8 Å². The van der Waals surface area contributed by atoms with E-state index in [1.165, 1.54) is 12.1 Å². The van der Waals surface area contributed by atoms with Gasteiger partial charge in [0.15, 0.2) is 0 Å². The van der Waals surface area contributed by atoms with Gasteiger partial charge in [-0.05, 0) is 12.1 Å². The number of para-hydroxylation sites is 1. The molecule has 1 rings (SSSR count). The molecule has 0 aliphatic carbocycles. The Morgan fingerprint density at radius 3 is 2.62 bits per heavy atom. The number of hydrogen-bond acceptors (Lipinski definition) is 3. The number of carbonyl (C=O) groups excluding carboxylic acids is 2. The Labute approximate surface area is 92.1 Å². The van der Waals surface area contributed by atoms with E-state index in [1.807, 2.05) is 0 Å². The second-order valence-corrected chi connectivity index (χ2v) is 3.10. The number of benzene rings is 1. The average Bonchev–Trinajstić information content (AvgIpc) is 2.27. The van der Waals surface area contributed by atoms with Gasteiger partial charge in [-0.1, -0.05) is 12.1 Å². The second-order valence-electron chi connectivity index (χ2n) is 3.10. The zero-order chi connectivity index (χ0) is 12.0. The molecule has 0 radical (unpaired) electrons. The largest absolute Gasteiger partial charge is 0.478 e. The van der Waals surface area contributed by atoms with E-state index in [2.05, 4.69) is 5.32 Å². The van der Waals surface area contributed by atoms with E-state index in [0.29, 0.717) is 6.29 Å². The van der Waals surface area contributed by atoms with E-state index in [0.717, 1.165) is 0 Å². The molecule has 0 aromatic heterocycles. The number of aromatic carboxylic acids is 1. The van der Waals surface area contributed by atoms with Gasteiger partial charge >= 0.3 is 5.97 Å². The number of carbonyl (C=O) groups is 3. The summed E-state index contributed by atoms with van der Waals surface area (Å²) in [5, 5.41) is 11.3. The van der Waals surface area contributed by atoms with Gasteiger partial charge in [-0.15, -0.1) is 0 Å². The topological polar surface area (TPSA) is 83.5 Å². The highest BCUT2D eigenvalue weighted by Crippen LogP contribution is 2.15. The molecule has 0 bridgehead atoms. The first-order valence-electron chi connectivity index (χ1n) is 4.71. The number of nitrogens with one attached hydrogen (secondary N) is 1. The number of carboxylic acids is 1. The molecule has 2 N–H and O–H groups in total. The normalized spacial score (nSPS) is 9.50. The van der Waals surface area contributed by atoms with Gasteiger partial charge in [0.25, 0.3) is 0 Å². The molecule has 84 valence electrons. The molecule has 1 aromatic rings. The van der Waals surface area contributed by atoms with E-state index in [4.69, 9.17) is 5.11 Å². The standard InChI is InChI=1S/C11H11NO4/c13-7-3-6-10(14)12-9-5-2-1-4-8(9)11(15)16/h1-2,4-5,7H,3,6H2,(H,12,14)(H,15,16). The molecule has 0 unspecified atom stereocenters. The first kappa shape index (κ1) is 11.9. The highest BCUT2D eigenvalue weighted by Gasteiger charge is 2.10. The number of amides is 1. The summed E-state index contributed by atoms with van der Waals surface area (Å²) in [4.78, 5) is 32.2. The summed E-state index contributed by atoms with van der Waals surface area (Å²) in [7, 11) is 0. The zero-order valence-corrected chi connectivity index (χ0v) is 8.47. The Kier molecular flexibility index (Phi) is 4.20. The zero-order valence-electron chi connectivity index (χ0n) is 8.47. The predicted octanol–water partition coefficient (Wildman–Crippen LogP) is 1.30. The first-order valence-corrected chi connectivity index (χ1v) is 4.71. The Balaban J connectivity index is 2.76. The van der Waals surface area contributed by atoms with Crippen molar-refractivity contribution in [2.24, 2.45) is 0 Å². The molecule has 0 aliphatic heterocycles. The third kappa shape index (κ3) is 3.20. The summed E-state index contributed by atoms with van der Waals surface area (Å²) in [6.45, 7) is 0. The van der Waals surface area contributed by atoms with Crippen molar-refractivity contribution in [3.05, 3.63) is 29.8 Å². The molecular weight excluding hydrogens is 210 g/mol. The fourth-order valence-corrected chi connectivity index (χ4v) is 1.18. The van der Waals surface area contributed by atoms with Crippen molar-refractivity contribution >= 4 is 23.9 Å². The second kappa shape index (κ2) is 5.65. The van der Waals surface area contributed by atoms with Gasteiger partial charge in [0.05, 0.1) is 11.3 Å². The van der Waals surface area contributed by atoms with Crippen LogP contribution >= 0.6 is 0 Å². The van der Waals surface area contributed by atoms with Gasteiger partial charge in [0.1, 0.15) is 6.29 Å². The van der Waals surface area contributed by atoms with Crippen LogP contribution in [0.25, 0.3) is 0 Å². The van der Waals surface area contributed by atoms with E-state index in [1.54, 1.807) is 12.1 Å². The van der Waals surface area contributed by atoms with Gasteiger partial charge in [-0.3, -0.25) is 4.79 Å². The van der Waals surface area contributed by atoms with Gasteiger partial charge < -0.3 is 15.2 Å². The summed E-state index contributed by atoms with van der Waals surface area (Å²) in [6.07, 6.45) is 0.821. The van der Waals surface area contributed by atoms with Crippen LogP contribution in [0.1, 0.15) is 23.2 Å². The van der Waals surface area contributed by atoms with Crippen molar-refractivity contribution in [2.75, 3.05) is 5.32 Å².